The molecule has 0 atom stereocenters. The van der Waals surface area contributed by atoms with Crippen LogP contribution in [0.15, 0.2) is 54.9 Å². The minimum absolute atomic E-state index is 0.0643. The van der Waals surface area contributed by atoms with E-state index in [4.69, 9.17) is 4.74 Å². The molecule has 0 radical (unpaired) electrons. The van der Waals surface area contributed by atoms with Crippen LogP contribution in [0.4, 0.5) is 0 Å². The monoisotopic (exact) mass is 349 g/mol. The molecule has 2 heterocycles. The predicted octanol–water partition coefficient (Wildman–Crippen LogP) is 3.93. The van der Waals surface area contributed by atoms with Gasteiger partial charge in [-0.2, -0.15) is 0 Å². The highest BCUT2D eigenvalue weighted by molar-refractivity contribution is 5.94. The highest BCUT2D eigenvalue weighted by Crippen LogP contribution is 2.30. The Hall–Kier alpha value is -2.82. The van der Waals surface area contributed by atoms with Gasteiger partial charge in [0.25, 0.3) is 5.91 Å². The molecule has 134 valence electrons. The predicted molar refractivity (Wildman–Crippen MR) is 100 cm³/mol. The number of carbonyl (C=O) groups excluding carboxylic acids is 1. The van der Waals surface area contributed by atoms with E-state index >= 15 is 0 Å². The average Bonchev–Trinajstić information content (AvgIpc) is 3.40. The zero-order valence-corrected chi connectivity index (χ0v) is 15.1. The topological polar surface area (TPSA) is 46.8 Å². The molecule has 26 heavy (non-hydrogen) atoms. The minimum atomic E-state index is 0.0643. The second-order valence-corrected chi connectivity index (χ2v) is 7.03. The Balaban J connectivity index is 1.55. The maximum Gasteiger partial charge on any atom is 0.254 e. The fourth-order valence-corrected chi connectivity index (χ4v) is 3.14. The number of nitrogens with zero attached hydrogens (tertiary/aromatic N) is 3. The summed E-state index contributed by atoms with van der Waals surface area (Å²) < 4.78 is 7.71. The zero-order chi connectivity index (χ0) is 18.1. The Morgan fingerprint density at radius 1 is 1.23 bits per heavy atom. The Morgan fingerprint density at radius 3 is 2.69 bits per heavy atom. The maximum absolute atomic E-state index is 13.1. The number of carbonyl (C=O) groups is 1. The molecule has 1 aliphatic carbocycles. The number of imidazole rings is 1. The summed E-state index contributed by atoms with van der Waals surface area (Å²) in [6.45, 7) is 4.55. The van der Waals surface area contributed by atoms with Gasteiger partial charge in [0.15, 0.2) is 0 Å². The fraction of sp³-hybridized carbons (Fsp3) is 0.333. The molecule has 0 aliphatic heterocycles. The third-order valence-corrected chi connectivity index (χ3v) is 4.55. The molecule has 0 spiro atoms. The van der Waals surface area contributed by atoms with Crippen LogP contribution in [0.1, 0.15) is 42.7 Å². The Kier molecular flexibility index (Phi) is 4.37. The molecule has 1 aliphatic rings. The van der Waals surface area contributed by atoms with E-state index in [0.29, 0.717) is 18.2 Å². The molecule has 0 bridgehead atoms. The molecule has 1 saturated carbocycles. The van der Waals surface area contributed by atoms with Crippen LogP contribution in [0.25, 0.3) is 5.65 Å². The molecule has 1 amide bonds. The number of hydrogen-bond acceptors (Lipinski definition) is 3. The molecule has 3 aromatic rings. The van der Waals surface area contributed by atoms with E-state index in [9.17, 15) is 4.79 Å². The first-order valence-corrected chi connectivity index (χ1v) is 9.10. The van der Waals surface area contributed by atoms with Gasteiger partial charge in [-0.05, 0) is 63.1 Å². The molecule has 0 saturated heterocycles. The highest BCUT2D eigenvalue weighted by atomic mass is 16.5. The number of rotatable bonds is 6. The molecular weight excluding hydrogens is 326 g/mol. The second-order valence-electron chi connectivity index (χ2n) is 7.03. The Labute approximate surface area is 153 Å². The van der Waals surface area contributed by atoms with Crippen LogP contribution in [-0.4, -0.2) is 32.3 Å². The van der Waals surface area contributed by atoms with Gasteiger partial charge >= 0.3 is 0 Å². The summed E-state index contributed by atoms with van der Waals surface area (Å²) in [7, 11) is 0. The summed E-state index contributed by atoms with van der Waals surface area (Å²) in [5, 5.41) is 0. The number of aromatic nitrogens is 2. The fourth-order valence-electron chi connectivity index (χ4n) is 3.14. The van der Waals surface area contributed by atoms with E-state index in [-0.39, 0.29) is 12.0 Å². The van der Waals surface area contributed by atoms with Crippen molar-refractivity contribution in [3.8, 4) is 5.75 Å². The van der Waals surface area contributed by atoms with Gasteiger partial charge in [0.2, 0.25) is 0 Å². The lowest BCUT2D eigenvalue weighted by atomic mass is 10.2. The molecule has 1 aromatic carbocycles. The molecule has 4 rings (SSSR count). The van der Waals surface area contributed by atoms with Gasteiger partial charge < -0.3 is 14.0 Å². The van der Waals surface area contributed by atoms with E-state index in [2.05, 4.69) is 4.98 Å². The van der Waals surface area contributed by atoms with Gasteiger partial charge in [-0.25, -0.2) is 4.98 Å². The van der Waals surface area contributed by atoms with Crippen molar-refractivity contribution in [1.82, 2.24) is 14.3 Å². The lowest BCUT2D eigenvalue weighted by molar-refractivity contribution is 0.0727. The molecule has 1 fully saturated rings. The quantitative estimate of drug-likeness (QED) is 0.677. The summed E-state index contributed by atoms with van der Waals surface area (Å²) >= 11 is 0. The summed E-state index contributed by atoms with van der Waals surface area (Å²) in [5.41, 5.74) is 2.63. The number of ether oxygens (including phenoxy) is 1. The van der Waals surface area contributed by atoms with E-state index in [1.54, 1.807) is 0 Å². The van der Waals surface area contributed by atoms with Crippen molar-refractivity contribution in [2.24, 2.45) is 0 Å². The third-order valence-electron chi connectivity index (χ3n) is 4.55. The van der Waals surface area contributed by atoms with Crippen molar-refractivity contribution in [3.05, 3.63) is 66.1 Å². The molecule has 2 aromatic heterocycles. The normalized spacial score (nSPS) is 14.0. The van der Waals surface area contributed by atoms with E-state index in [1.807, 2.05) is 78.0 Å². The van der Waals surface area contributed by atoms with Crippen LogP contribution in [0.5, 0.6) is 5.75 Å². The number of benzene rings is 1. The SMILES string of the molecule is CC(C)Oc1ccc(C(=O)N(Cc2cnc3ccccn23)C2CC2)cc1. The smallest absolute Gasteiger partial charge is 0.254 e. The standard InChI is InChI=1S/C21H23N3O2/c1-15(2)26-19-10-6-16(7-11-19)21(25)24(17-8-9-17)14-18-13-22-20-5-3-4-12-23(18)20/h3-7,10-13,15,17H,8-9,14H2,1-2H3. The van der Waals surface area contributed by atoms with Crippen molar-refractivity contribution < 1.29 is 9.53 Å². The first-order valence-electron chi connectivity index (χ1n) is 9.10. The summed E-state index contributed by atoms with van der Waals surface area (Å²) in [5.74, 6) is 0.853. The summed E-state index contributed by atoms with van der Waals surface area (Å²) in [6, 6.07) is 13.7. The first-order chi connectivity index (χ1) is 12.6. The molecule has 0 unspecified atom stereocenters. The van der Waals surface area contributed by atoms with Crippen molar-refractivity contribution >= 4 is 11.6 Å². The molecular formula is C21H23N3O2. The maximum atomic E-state index is 13.1. The highest BCUT2D eigenvalue weighted by Gasteiger charge is 2.33. The number of fused-ring (bicyclic) bond motifs is 1. The van der Waals surface area contributed by atoms with Crippen molar-refractivity contribution in [2.75, 3.05) is 0 Å². The van der Waals surface area contributed by atoms with Crippen LogP contribution in [0, 0.1) is 0 Å². The molecule has 5 nitrogen and oxygen atoms in total. The Bertz CT molecular complexity index is 910. The number of pyridine rings is 1. The molecule has 0 N–H and O–H groups in total. The van der Waals surface area contributed by atoms with Gasteiger partial charge in [0.1, 0.15) is 11.4 Å². The van der Waals surface area contributed by atoms with E-state index in [1.165, 1.54) is 0 Å². The second kappa shape index (κ2) is 6.83. The first kappa shape index (κ1) is 16.6. The van der Waals surface area contributed by atoms with Crippen molar-refractivity contribution in [2.45, 2.75) is 45.4 Å². The van der Waals surface area contributed by atoms with E-state index < -0.39 is 0 Å². The summed E-state index contributed by atoms with van der Waals surface area (Å²) in [6.07, 6.45) is 6.10. The molecule has 5 heteroatoms. The largest absolute Gasteiger partial charge is 0.491 e. The van der Waals surface area contributed by atoms with Crippen LogP contribution in [0.3, 0.4) is 0 Å². The van der Waals surface area contributed by atoms with Gasteiger partial charge in [-0.3, -0.25) is 4.79 Å². The van der Waals surface area contributed by atoms with Crippen LogP contribution in [-0.2, 0) is 6.54 Å². The summed E-state index contributed by atoms with van der Waals surface area (Å²) in [4.78, 5) is 19.5. The number of amides is 1. The zero-order valence-electron chi connectivity index (χ0n) is 15.1. The Morgan fingerprint density at radius 2 is 2.00 bits per heavy atom. The van der Waals surface area contributed by atoms with Crippen molar-refractivity contribution in [1.29, 1.82) is 0 Å². The van der Waals surface area contributed by atoms with Crippen LogP contribution < -0.4 is 4.74 Å². The van der Waals surface area contributed by atoms with Gasteiger partial charge in [-0.1, -0.05) is 6.07 Å². The lowest BCUT2D eigenvalue weighted by Gasteiger charge is -2.22. The van der Waals surface area contributed by atoms with Crippen LogP contribution in [0.2, 0.25) is 0 Å². The van der Waals surface area contributed by atoms with Crippen LogP contribution >= 0.6 is 0 Å². The average molecular weight is 349 g/mol. The van der Waals surface area contributed by atoms with Gasteiger partial charge in [0, 0.05) is 17.8 Å². The minimum Gasteiger partial charge on any atom is -0.491 e. The van der Waals surface area contributed by atoms with Crippen molar-refractivity contribution in [3.63, 3.8) is 0 Å². The van der Waals surface area contributed by atoms with Gasteiger partial charge in [0.05, 0.1) is 24.5 Å². The third kappa shape index (κ3) is 3.43. The lowest BCUT2D eigenvalue weighted by Crippen LogP contribution is -2.33. The van der Waals surface area contributed by atoms with Gasteiger partial charge in [-0.15, -0.1) is 0 Å². The number of hydrogen-bond donors (Lipinski definition) is 0. The van der Waals surface area contributed by atoms with E-state index in [0.717, 1.165) is 29.9 Å².